The van der Waals surface area contributed by atoms with E-state index in [0.717, 1.165) is 81.9 Å². The summed E-state index contributed by atoms with van der Waals surface area (Å²) in [4.78, 5) is 29.2. The third-order valence-corrected chi connectivity index (χ3v) is 13.9. The summed E-state index contributed by atoms with van der Waals surface area (Å²) >= 11 is 0. The third-order valence-electron chi connectivity index (χ3n) is 12.5. The number of rotatable bonds is 51. The Kier molecular flexibility index (Phi) is 45.5. The highest BCUT2D eigenvalue weighted by molar-refractivity contribution is 7.48. The Morgan fingerprint density at radius 1 is 0.453 bits per heavy atom. The fourth-order valence-electron chi connectivity index (χ4n) is 8.82. The number of quaternary nitrogens is 1. The number of phosphoric acid groups is 1. The van der Waals surface area contributed by atoms with E-state index in [1.54, 1.807) is 0 Å². The zero-order chi connectivity index (χ0) is 47.1. The summed E-state index contributed by atoms with van der Waals surface area (Å²) in [5.74, 6) is -0.741. The van der Waals surface area contributed by atoms with E-state index in [0.29, 0.717) is 13.0 Å². The molecule has 0 fully saturated rings. The maximum Gasteiger partial charge on any atom is 0.475 e. The smallest absolute Gasteiger partial charge is 0.462 e. The van der Waals surface area contributed by atoms with Crippen LogP contribution in [-0.2, 0) is 37.2 Å². The van der Waals surface area contributed by atoms with Crippen LogP contribution in [0.1, 0.15) is 259 Å². The van der Waals surface area contributed by atoms with Gasteiger partial charge in [-0.2, -0.15) is 0 Å². The van der Waals surface area contributed by atoms with E-state index in [1.807, 2.05) is 0 Å². The van der Waals surface area contributed by atoms with E-state index in [1.165, 1.54) is 154 Å². The number of hydrogen-bond donors (Lipinski definition) is 0. The Morgan fingerprint density at radius 3 is 1.19 bits per heavy atom. The average Bonchev–Trinajstić information content (AvgIpc) is 3.27. The number of carbonyl (C=O) groups is 2. The molecule has 0 rings (SSSR count). The molecule has 0 saturated carbocycles. The van der Waals surface area contributed by atoms with Gasteiger partial charge in [0.25, 0.3) is 0 Å². The van der Waals surface area contributed by atoms with Crippen molar-refractivity contribution in [1.29, 1.82) is 0 Å². The van der Waals surface area contributed by atoms with Crippen molar-refractivity contribution in [2.45, 2.75) is 265 Å². The number of esters is 2. The molecule has 64 heavy (non-hydrogen) atoms. The van der Waals surface area contributed by atoms with Crippen molar-refractivity contribution in [2.24, 2.45) is 0 Å². The Morgan fingerprint density at radius 2 is 0.812 bits per heavy atom. The van der Waals surface area contributed by atoms with E-state index in [9.17, 15) is 14.2 Å². The topological polar surface area (TPSA) is 102 Å². The first-order valence-electron chi connectivity index (χ1n) is 27.3. The minimum absolute atomic E-state index is 0.00675. The second-order valence-corrected chi connectivity index (χ2v) is 20.4. The normalized spacial score (nSPS) is 13.1. The number of hydrogen-bond acceptors (Lipinski definition) is 8. The van der Waals surface area contributed by atoms with Gasteiger partial charge in [0.15, 0.2) is 6.10 Å². The number of phosphoric ester groups is 1. The lowest BCUT2D eigenvalue weighted by Gasteiger charge is -2.38. The molecule has 0 bridgehead atoms. The molecule has 0 aliphatic rings. The summed E-state index contributed by atoms with van der Waals surface area (Å²) in [6.07, 6.45) is 40.1. The summed E-state index contributed by atoms with van der Waals surface area (Å²) in [5.41, 5.74) is 0. The van der Waals surface area contributed by atoms with Gasteiger partial charge >= 0.3 is 19.8 Å². The SMILES string of the molecule is [C-]#[N+]CCOP(=O)(OCC[N+](CCC)(CCC)CCC)OCC(COC(=O)CCCCCCCCCCCCCCCCC)OC(=O)CCCCCCCCCCCCCCCCC. The van der Waals surface area contributed by atoms with Crippen LogP contribution in [0.2, 0.25) is 0 Å². The van der Waals surface area contributed by atoms with Gasteiger partial charge in [0.2, 0.25) is 6.54 Å². The number of carbonyl (C=O) groups excluding carboxylic acids is 2. The summed E-state index contributed by atoms with van der Waals surface area (Å²) in [6.45, 7) is 21.4. The summed E-state index contributed by atoms with van der Waals surface area (Å²) in [7, 11) is -4.12. The molecule has 0 aliphatic heterocycles. The molecule has 0 aromatic heterocycles. The highest BCUT2D eigenvalue weighted by Crippen LogP contribution is 2.49. The number of ether oxygens (including phenoxy) is 2. The van der Waals surface area contributed by atoms with Crippen LogP contribution in [0.25, 0.3) is 4.85 Å². The van der Waals surface area contributed by atoms with Gasteiger partial charge in [-0.1, -0.05) is 214 Å². The molecule has 0 radical (unpaired) electrons. The van der Waals surface area contributed by atoms with Crippen molar-refractivity contribution in [2.75, 3.05) is 59.2 Å². The minimum Gasteiger partial charge on any atom is -0.462 e. The molecule has 0 heterocycles. The van der Waals surface area contributed by atoms with Crippen molar-refractivity contribution in [3.05, 3.63) is 11.4 Å². The molecule has 0 N–H and O–H groups in total. The monoisotopic (exact) mass is 928 g/mol. The summed E-state index contributed by atoms with van der Waals surface area (Å²) < 4.78 is 43.5. The highest BCUT2D eigenvalue weighted by atomic mass is 31.2. The molecule has 0 aromatic rings. The maximum atomic E-state index is 13.9. The Labute approximate surface area is 396 Å². The van der Waals surface area contributed by atoms with Crippen molar-refractivity contribution in [3.63, 3.8) is 0 Å². The summed E-state index contributed by atoms with van der Waals surface area (Å²) in [6, 6.07) is 0. The second kappa shape index (κ2) is 46.6. The van der Waals surface area contributed by atoms with Crippen LogP contribution in [0, 0.1) is 6.57 Å². The van der Waals surface area contributed by atoms with Crippen LogP contribution >= 0.6 is 7.82 Å². The highest BCUT2D eigenvalue weighted by Gasteiger charge is 2.33. The molecule has 2 atom stereocenters. The minimum atomic E-state index is -4.12. The first-order chi connectivity index (χ1) is 31.2. The van der Waals surface area contributed by atoms with E-state index in [-0.39, 0.29) is 45.4 Å². The van der Waals surface area contributed by atoms with Gasteiger partial charge in [-0.3, -0.25) is 23.2 Å². The largest absolute Gasteiger partial charge is 0.475 e. The van der Waals surface area contributed by atoms with Crippen LogP contribution in [0.3, 0.4) is 0 Å². The molecule has 378 valence electrons. The average molecular weight is 928 g/mol. The number of nitrogens with zero attached hydrogens (tertiary/aromatic N) is 2. The first kappa shape index (κ1) is 62.5. The maximum absolute atomic E-state index is 13.9. The van der Waals surface area contributed by atoms with Crippen LogP contribution < -0.4 is 0 Å². The van der Waals surface area contributed by atoms with E-state index in [4.69, 9.17) is 29.6 Å². The van der Waals surface area contributed by atoms with Gasteiger partial charge in [-0.15, -0.1) is 0 Å². The molecule has 0 aromatic carbocycles. The van der Waals surface area contributed by atoms with Crippen molar-refractivity contribution in [3.8, 4) is 0 Å². The molecule has 10 nitrogen and oxygen atoms in total. The molecule has 0 spiro atoms. The van der Waals surface area contributed by atoms with Gasteiger partial charge in [-0.05, 0) is 32.1 Å². The molecule has 0 amide bonds. The standard InChI is InChI=1S/C53H104N2O8P/c1-7-12-14-16-18-20-22-24-26-28-30-32-34-36-38-40-52(56)59-49-51(63-53(57)41-39-37-35-33-31-29-27-25-23-21-19-17-15-13-8-2)50-62-64(58,60-47-42-54-6)61-48-46-55(43-9-3,44-10-4)45-11-5/h51H,7-50H2,1-5H3/q+1. The van der Waals surface area contributed by atoms with Gasteiger partial charge in [0, 0.05) is 12.8 Å². The lowest BCUT2D eigenvalue weighted by molar-refractivity contribution is -0.928. The predicted octanol–water partition coefficient (Wildman–Crippen LogP) is 16.1. The van der Waals surface area contributed by atoms with E-state index >= 15 is 0 Å². The van der Waals surface area contributed by atoms with Gasteiger partial charge in [0.1, 0.15) is 26.4 Å². The lowest BCUT2D eigenvalue weighted by atomic mass is 10.0. The van der Waals surface area contributed by atoms with E-state index < -0.39 is 19.9 Å². The fraction of sp³-hybridized carbons (Fsp3) is 0.943. The predicted molar refractivity (Wildman–Crippen MR) is 267 cm³/mol. The van der Waals surface area contributed by atoms with Gasteiger partial charge in [-0.25, -0.2) is 11.1 Å². The van der Waals surface area contributed by atoms with Crippen LogP contribution in [-0.4, -0.2) is 81.7 Å². The van der Waals surface area contributed by atoms with Crippen LogP contribution in [0.4, 0.5) is 0 Å². The zero-order valence-corrected chi connectivity index (χ0v) is 43.7. The number of unbranched alkanes of at least 4 members (excludes halogenated alkanes) is 28. The molecule has 0 saturated heterocycles. The van der Waals surface area contributed by atoms with Gasteiger partial charge in [0.05, 0.1) is 26.2 Å². The Balaban J connectivity index is 5.00. The zero-order valence-electron chi connectivity index (χ0n) is 42.8. The van der Waals surface area contributed by atoms with Crippen LogP contribution in [0.5, 0.6) is 0 Å². The van der Waals surface area contributed by atoms with Crippen molar-refractivity contribution in [1.82, 2.24) is 0 Å². The summed E-state index contributed by atoms with van der Waals surface area (Å²) in [5, 5.41) is 0. The molecule has 2 unspecified atom stereocenters. The lowest BCUT2D eigenvalue weighted by Crippen LogP contribution is -2.51. The van der Waals surface area contributed by atoms with E-state index in [2.05, 4.69) is 39.5 Å². The molecule has 0 aliphatic carbocycles. The van der Waals surface area contributed by atoms with Crippen molar-refractivity contribution < 1.29 is 41.7 Å². The fourth-order valence-corrected chi connectivity index (χ4v) is 10.0. The molecule has 11 heteroatoms. The Hall–Kier alpha value is -1.50. The first-order valence-corrected chi connectivity index (χ1v) is 28.8. The molecular weight excluding hydrogens is 824 g/mol. The van der Waals surface area contributed by atoms with Gasteiger partial charge < -0.3 is 18.8 Å². The Bertz CT molecular complexity index is 1120. The second-order valence-electron chi connectivity index (χ2n) is 18.7. The quantitative estimate of drug-likeness (QED) is 0.0195. The van der Waals surface area contributed by atoms with Crippen molar-refractivity contribution >= 4 is 19.8 Å². The third kappa shape index (κ3) is 39.6. The van der Waals surface area contributed by atoms with Crippen LogP contribution in [0.15, 0.2) is 0 Å². The molecular formula is C53H104N2O8P+.